The highest BCUT2D eigenvalue weighted by atomic mass is 16.5. The van der Waals surface area contributed by atoms with Crippen molar-refractivity contribution >= 4 is 5.97 Å². The molecule has 0 amide bonds. The Bertz CT molecular complexity index is 361. The number of nitrogens with two attached hydrogens (primary N) is 1. The normalized spacial score (nSPS) is 14.1. The van der Waals surface area contributed by atoms with Gasteiger partial charge in [-0.25, -0.2) is 0 Å². The molecule has 2 atom stereocenters. The van der Waals surface area contributed by atoms with E-state index in [2.05, 4.69) is 0 Å². The number of rotatable bonds is 5. The fourth-order valence-corrected chi connectivity index (χ4v) is 1.54. The van der Waals surface area contributed by atoms with Gasteiger partial charge in [0, 0.05) is 0 Å². The molecule has 0 aliphatic carbocycles. The minimum Gasteiger partial charge on any atom is -0.466 e. The van der Waals surface area contributed by atoms with E-state index in [1.807, 2.05) is 24.3 Å². The molecule has 4 heteroatoms. The molecule has 1 unspecified atom stereocenters. The maximum Gasteiger partial charge on any atom is 0.313 e. The number of benzene rings is 1. The molecule has 94 valence electrons. The molecule has 1 rings (SSSR count). The summed E-state index contributed by atoms with van der Waals surface area (Å²) in [6, 6.07) is 6.96. The number of hydrogen-bond acceptors (Lipinski definition) is 4. The third kappa shape index (κ3) is 3.54. The van der Waals surface area contributed by atoms with E-state index < -0.39 is 0 Å². The second-order valence-corrected chi connectivity index (χ2v) is 3.93. The number of ether oxygens (including phenoxy) is 1. The van der Waals surface area contributed by atoms with Crippen LogP contribution in [0, 0.1) is 0 Å². The van der Waals surface area contributed by atoms with Gasteiger partial charge in [0.15, 0.2) is 0 Å². The van der Waals surface area contributed by atoms with Crippen molar-refractivity contribution < 1.29 is 14.6 Å². The van der Waals surface area contributed by atoms with Crippen LogP contribution in [0.15, 0.2) is 24.3 Å². The summed E-state index contributed by atoms with van der Waals surface area (Å²) in [4.78, 5) is 11.5. The molecule has 0 bridgehead atoms. The second kappa shape index (κ2) is 6.37. The Labute approximate surface area is 101 Å². The van der Waals surface area contributed by atoms with Gasteiger partial charge in [-0.1, -0.05) is 24.3 Å². The number of aliphatic hydroxyl groups is 1. The highest BCUT2D eigenvalue weighted by molar-refractivity contribution is 5.77. The Morgan fingerprint density at radius 2 is 1.88 bits per heavy atom. The van der Waals surface area contributed by atoms with Crippen molar-refractivity contribution in [2.24, 2.45) is 5.73 Å². The second-order valence-electron chi connectivity index (χ2n) is 3.93. The lowest BCUT2D eigenvalue weighted by atomic mass is 9.98. The summed E-state index contributed by atoms with van der Waals surface area (Å²) in [5, 5.41) is 8.93. The van der Waals surface area contributed by atoms with Crippen LogP contribution in [-0.2, 0) is 9.53 Å². The molecule has 0 saturated carbocycles. The molecular weight excluding hydrogens is 218 g/mol. The SMILES string of the molecule is CCOC(=O)C(C)c1ccc([C@H](N)CO)cc1. The van der Waals surface area contributed by atoms with Crippen LogP contribution in [0.4, 0.5) is 0 Å². The molecule has 0 heterocycles. The van der Waals surface area contributed by atoms with Crippen molar-refractivity contribution in [3.05, 3.63) is 35.4 Å². The number of carbonyl (C=O) groups excluding carboxylic acids is 1. The van der Waals surface area contributed by atoms with Crippen LogP contribution >= 0.6 is 0 Å². The molecule has 0 spiro atoms. The van der Waals surface area contributed by atoms with Crippen LogP contribution in [0.1, 0.15) is 36.9 Å². The third-order valence-corrected chi connectivity index (χ3v) is 2.70. The van der Waals surface area contributed by atoms with E-state index in [4.69, 9.17) is 15.6 Å². The molecule has 0 saturated heterocycles. The zero-order chi connectivity index (χ0) is 12.8. The average Bonchev–Trinajstić information content (AvgIpc) is 2.37. The van der Waals surface area contributed by atoms with Crippen LogP contribution in [0.5, 0.6) is 0 Å². The Morgan fingerprint density at radius 1 is 1.35 bits per heavy atom. The van der Waals surface area contributed by atoms with Gasteiger partial charge in [0.25, 0.3) is 0 Å². The smallest absolute Gasteiger partial charge is 0.313 e. The Morgan fingerprint density at radius 3 is 2.35 bits per heavy atom. The molecule has 1 aromatic carbocycles. The van der Waals surface area contributed by atoms with Gasteiger partial charge in [-0.3, -0.25) is 4.79 Å². The highest BCUT2D eigenvalue weighted by Gasteiger charge is 2.16. The van der Waals surface area contributed by atoms with Gasteiger partial charge in [-0.15, -0.1) is 0 Å². The predicted molar refractivity (Wildman–Crippen MR) is 65.5 cm³/mol. The van der Waals surface area contributed by atoms with Gasteiger partial charge >= 0.3 is 5.97 Å². The van der Waals surface area contributed by atoms with Crippen LogP contribution in [-0.4, -0.2) is 24.3 Å². The third-order valence-electron chi connectivity index (χ3n) is 2.70. The summed E-state index contributed by atoms with van der Waals surface area (Å²) in [5.74, 6) is -0.513. The molecule has 0 aromatic heterocycles. The fraction of sp³-hybridized carbons (Fsp3) is 0.462. The Hall–Kier alpha value is -1.39. The lowest BCUT2D eigenvalue weighted by molar-refractivity contribution is -0.144. The summed E-state index contributed by atoms with van der Waals surface area (Å²) < 4.78 is 4.95. The van der Waals surface area contributed by atoms with Gasteiger partial charge in [-0.2, -0.15) is 0 Å². The van der Waals surface area contributed by atoms with Crippen molar-refractivity contribution in [2.75, 3.05) is 13.2 Å². The summed E-state index contributed by atoms with van der Waals surface area (Å²) in [6.07, 6.45) is 0. The largest absolute Gasteiger partial charge is 0.466 e. The molecule has 0 fully saturated rings. The molecule has 0 aliphatic rings. The first kappa shape index (κ1) is 13.7. The van der Waals surface area contributed by atoms with Crippen LogP contribution in [0.2, 0.25) is 0 Å². The van der Waals surface area contributed by atoms with Crippen molar-refractivity contribution in [1.82, 2.24) is 0 Å². The molecular formula is C13H19NO3. The standard InChI is InChI=1S/C13H19NO3/c1-3-17-13(16)9(2)10-4-6-11(7-5-10)12(14)8-15/h4-7,9,12,15H,3,8,14H2,1-2H3/t9?,12-/m1/s1. The Kier molecular flexibility index (Phi) is 5.12. The van der Waals surface area contributed by atoms with Crippen LogP contribution in [0.3, 0.4) is 0 Å². The molecule has 0 aliphatic heterocycles. The summed E-state index contributed by atoms with van der Waals surface area (Å²) in [5.41, 5.74) is 7.43. The first-order valence-electron chi connectivity index (χ1n) is 5.73. The van der Waals surface area contributed by atoms with Gasteiger partial charge in [-0.05, 0) is 25.0 Å². The molecule has 3 N–H and O–H groups in total. The van der Waals surface area contributed by atoms with Crippen molar-refractivity contribution in [3.63, 3.8) is 0 Å². The topological polar surface area (TPSA) is 72.5 Å². The summed E-state index contributed by atoms with van der Waals surface area (Å²) >= 11 is 0. The van der Waals surface area contributed by atoms with Gasteiger partial charge in [0.2, 0.25) is 0 Å². The van der Waals surface area contributed by atoms with Gasteiger partial charge < -0.3 is 15.6 Å². The highest BCUT2D eigenvalue weighted by Crippen LogP contribution is 2.19. The molecule has 4 nitrogen and oxygen atoms in total. The quantitative estimate of drug-likeness (QED) is 0.758. The maximum atomic E-state index is 11.5. The minimum atomic E-state index is -0.373. The minimum absolute atomic E-state index is 0.0905. The Balaban J connectivity index is 2.76. The van der Waals surface area contributed by atoms with E-state index in [9.17, 15) is 4.79 Å². The number of esters is 1. The monoisotopic (exact) mass is 237 g/mol. The summed E-state index contributed by atoms with van der Waals surface area (Å²) in [7, 11) is 0. The van der Waals surface area contributed by atoms with E-state index in [1.54, 1.807) is 13.8 Å². The van der Waals surface area contributed by atoms with Crippen LogP contribution in [0.25, 0.3) is 0 Å². The van der Waals surface area contributed by atoms with Crippen molar-refractivity contribution in [2.45, 2.75) is 25.8 Å². The molecule has 0 radical (unpaired) electrons. The fourth-order valence-electron chi connectivity index (χ4n) is 1.54. The van der Waals surface area contributed by atoms with Gasteiger partial charge in [0.05, 0.1) is 25.2 Å². The molecule has 1 aromatic rings. The first-order chi connectivity index (χ1) is 8.10. The van der Waals surface area contributed by atoms with E-state index in [0.717, 1.165) is 11.1 Å². The van der Waals surface area contributed by atoms with Gasteiger partial charge in [0.1, 0.15) is 0 Å². The van der Waals surface area contributed by atoms with E-state index in [0.29, 0.717) is 6.61 Å². The van der Waals surface area contributed by atoms with Crippen LogP contribution < -0.4 is 5.73 Å². The zero-order valence-electron chi connectivity index (χ0n) is 10.2. The number of aliphatic hydroxyl groups excluding tert-OH is 1. The predicted octanol–water partition coefficient (Wildman–Crippen LogP) is 1.35. The summed E-state index contributed by atoms with van der Waals surface area (Å²) in [6.45, 7) is 3.89. The average molecular weight is 237 g/mol. The first-order valence-corrected chi connectivity index (χ1v) is 5.73. The van der Waals surface area contributed by atoms with E-state index in [1.165, 1.54) is 0 Å². The van der Waals surface area contributed by atoms with Crippen molar-refractivity contribution in [3.8, 4) is 0 Å². The lowest BCUT2D eigenvalue weighted by Gasteiger charge is -2.13. The lowest BCUT2D eigenvalue weighted by Crippen LogP contribution is -2.15. The molecule has 17 heavy (non-hydrogen) atoms. The number of hydrogen-bond donors (Lipinski definition) is 2. The maximum absolute atomic E-state index is 11.5. The zero-order valence-corrected chi connectivity index (χ0v) is 10.2. The van der Waals surface area contributed by atoms with Crippen molar-refractivity contribution in [1.29, 1.82) is 0 Å². The van der Waals surface area contributed by atoms with E-state index >= 15 is 0 Å². The number of carbonyl (C=O) groups is 1. The van der Waals surface area contributed by atoms with E-state index in [-0.39, 0.29) is 24.5 Å².